The molecule has 0 N–H and O–H groups in total. The van der Waals surface area contributed by atoms with E-state index in [4.69, 9.17) is 4.74 Å². The van der Waals surface area contributed by atoms with Crippen molar-refractivity contribution in [2.45, 2.75) is 20.4 Å². The van der Waals surface area contributed by atoms with Crippen LogP contribution in [0.1, 0.15) is 12.5 Å². The second-order valence-electron chi connectivity index (χ2n) is 3.60. The van der Waals surface area contributed by atoms with E-state index in [1.807, 2.05) is 0 Å². The number of hydrogen-bond donors (Lipinski definition) is 0. The zero-order valence-corrected chi connectivity index (χ0v) is 11.4. The van der Waals surface area contributed by atoms with Crippen LogP contribution >= 0.6 is 15.9 Å². The minimum absolute atomic E-state index is 0.137. The van der Waals surface area contributed by atoms with Gasteiger partial charge in [0, 0.05) is 21.8 Å². The minimum atomic E-state index is -0.475. The molecule has 0 spiro atoms. The Morgan fingerprint density at radius 3 is 2.82 bits per heavy atom. The van der Waals surface area contributed by atoms with Crippen LogP contribution in [0.15, 0.2) is 33.7 Å². The third-order valence-electron chi connectivity index (χ3n) is 2.16. The van der Waals surface area contributed by atoms with Crippen molar-refractivity contribution >= 4 is 21.9 Å². The quantitative estimate of drug-likeness (QED) is 0.631. The predicted molar refractivity (Wildman–Crippen MR) is 68.9 cm³/mol. The van der Waals surface area contributed by atoms with Crippen molar-refractivity contribution in [2.75, 3.05) is 6.61 Å². The summed E-state index contributed by atoms with van der Waals surface area (Å²) in [4.78, 5) is 23.2. The summed E-state index contributed by atoms with van der Waals surface area (Å²) in [6.07, 6.45) is 1.62. The summed E-state index contributed by atoms with van der Waals surface area (Å²) in [5, 5.41) is 0. The standard InChI is InChI=1S/C12H14BrNO3/c1-4-17-12(16)9(3)6-14-7-10(13)5-8(2)11(14)15/h5,7H,3-4,6H2,1-2H3. The summed E-state index contributed by atoms with van der Waals surface area (Å²) in [6, 6.07) is 1.73. The highest BCUT2D eigenvalue weighted by Crippen LogP contribution is 2.09. The lowest BCUT2D eigenvalue weighted by Gasteiger charge is -2.09. The Morgan fingerprint density at radius 1 is 1.59 bits per heavy atom. The molecule has 1 heterocycles. The van der Waals surface area contributed by atoms with E-state index in [2.05, 4.69) is 22.5 Å². The lowest BCUT2D eigenvalue weighted by atomic mass is 10.2. The molecule has 5 heteroatoms. The highest BCUT2D eigenvalue weighted by atomic mass is 79.9. The molecule has 0 aromatic carbocycles. The number of esters is 1. The molecule has 17 heavy (non-hydrogen) atoms. The molecule has 0 fully saturated rings. The molecule has 0 aliphatic rings. The van der Waals surface area contributed by atoms with Gasteiger partial charge in [-0.15, -0.1) is 0 Å². The van der Waals surface area contributed by atoms with Gasteiger partial charge in [-0.1, -0.05) is 6.58 Å². The molecule has 0 aliphatic carbocycles. The van der Waals surface area contributed by atoms with Crippen LogP contribution in [0.25, 0.3) is 0 Å². The number of aromatic nitrogens is 1. The molecule has 0 amide bonds. The van der Waals surface area contributed by atoms with Crippen molar-refractivity contribution in [3.05, 3.63) is 44.8 Å². The average Bonchev–Trinajstić information content (AvgIpc) is 2.25. The Balaban J connectivity index is 2.93. The van der Waals surface area contributed by atoms with Gasteiger partial charge in [-0.05, 0) is 35.8 Å². The van der Waals surface area contributed by atoms with Crippen LogP contribution in [0.4, 0.5) is 0 Å². The summed E-state index contributed by atoms with van der Waals surface area (Å²) >= 11 is 3.30. The number of pyridine rings is 1. The molecule has 0 aliphatic heterocycles. The van der Waals surface area contributed by atoms with Gasteiger partial charge in [-0.2, -0.15) is 0 Å². The predicted octanol–water partition coefficient (Wildman–Crippen LogP) is 2.04. The lowest BCUT2D eigenvalue weighted by Crippen LogP contribution is -2.24. The van der Waals surface area contributed by atoms with Gasteiger partial charge in [-0.3, -0.25) is 4.79 Å². The van der Waals surface area contributed by atoms with E-state index in [9.17, 15) is 9.59 Å². The molecule has 1 aromatic heterocycles. The number of halogens is 1. The molecule has 0 saturated carbocycles. The SMILES string of the molecule is C=C(Cn1cc(Br)cc(C)c1=O)C(=O)OCC. The fourth-order valence-electron chi connectivity index (χ4n) is 1.36. The van der Waals surface area contributed by atoms with Gasteiger partial charge in [0.1, 0.15) is 0 Å². The molecule has 1 aromatic rings. The van der Waals surface area contributed by atoms with Crippen molar-refractivity contribution in [1.82, 2.24) is 4.57 Å². The number of carbonyl (C=O) groups excluding carboxylic acids is 1. The maximum absolute atomic E-state index is 11.8. The number of ether oxygens (including phenoxy) is 1. The van der Waals surface area contributed by atoms with E-state index in [0.29, 0.717) is 12.2 Å². The first-order valence-electron chi connectivity index (χ1n) is 5.17. The van der Waals surface area contributed by atoms with Crippen molar-refractivity contribution < 1.29 is 9.53 Å². The summed E-state index contributed by atoms with van der Waals surface area (Å²) in [7, 11) is 0. The van der Waals surface area contributed by atoms with Gasteiger partial charge >= 0.3 is 5.97 Å². The van der Waals surface area contributed by atoms with Crippen molar-refractivity contribution in [3.63, 3.8) is 0 Å². The van der Waals surface area contributed by atoms with E-state index >= 15 is 0 Å². The van der Waals surface area contributed by atoms with Gasteiger partial charge in [0.2, 0.25) is 0 Å². The maximum Gasteiger partial charge on any atom is 0.335 e. The fourth-order valence-corrected chi connectivity index (χ4v) is 1.95. The fraction of sp³-hybridized carbons (Fsp3) is 0.333. The first-order valence-corrected chi connectivity index (χ1v) is 5.96. The second-order valence-corrected chi connectivity index (χ2v) is 4.51. The normalized spacial score (nSPS) is 10.1. The molecule has 0 radical (unpaired) electrons. The van der Waals surface area contributed by atoms with Crippen LogP contribution in [0.3, 0.4) is 0 Å². The largest absolute Gasteiger partial charge is 0.463 e. The van der Waals surface area contributed by atoms with Crippen LogP contribution < -0.4 is 5.56 Å². The summed E-state index contributed by atoms with van der Waals surface area (Å²) in [5.41, 5.74) is 0.723. The molecule has 0 saturated heterocycles. The molecule has 0 atom stereocenters. The Morgan fingerprint density at radius 2 is 2.24 bits per heavy atom. The number of hydrogen-bond acceptors (Lipinski definition) is 3. The van der Waals surface area contributed by atoms with Crippen LogP contribution in [0.2, 0.25) is 0 Å². The molecule has 1 rings (SSSR count). The van der Waals surface area contributed by atoms with E-state index < -0.39 is 5.97 Å². The lowest BCUT2D eigenvalue weighted by molar-refractivity contribution is -0.138. The minimum Gasteiger partial charge on any atom is -0.463 e. The average molecular weight is 300 g/mol. The van der Waals surface area contributed by atoms with Crippen molar-refractivity contribution in [3.8, 4) is 0 Å². The van der Waals surface area contributed by atoms with E-state index in [-0.39, 0.29) is 17.7 Å². The molecule has 0 bridgehead atoms. The van der Waals surface area contributed by atoms with Crippen LogP contribution in [-0.2, 0) is 16.1 Å². The van der Waals surface area contributed by atoms with E-state index in [0.717, 1.165) is 4.47 Å². The third-order valence-corrected chi connectivity index (χ3v) is 2.59. The first kappa shape index (κ1) is 13.7. The molecule has 4 nitrogen and oxygen atoms in total. The Bertz CT molecular complexity index is 505. The molecule has 92 valence electrons. The first-order chi connectivity index (χ1) is 7.95. The Labute approximate surface area is 108 Å². The smallest absolute Gasteiger partial charge is 0.335 e. The highest BCUT2D eigenvalue weighted by Gasteiger charge is 2.10. The van der Waals surface area contributed by atoms with Gasteiger partial charge in [0.25, 0.3) is 5.56 Å². The number of aryl methyl sites for hydroxylation is 1. The van der Waals surface area contributed by atoms with Gasteiger partial charge < -0.3 is 9.30 Å². The van der Waals surface area contributed by atoms with Crippen LogP contribution in [0, 0.1) is 6.92 Å². The monoisotopic (exact) mass is 299 g/mol. The number of rotatable bonds is 4. The molecular weight excluding hydrogens is 286 g/mol. The van der Waals surface area contributed by atoms with Gasteiger partial charge in [-0.25, -0.2) is 4.79 Å². The van der Waals surface area contributed by atoms with Gasteiger partial charge in [0.05, 0.1) is 13.2 Å². The van der Waals surface area contributed by atoms with E-state index in [1.165, 1.54) is 4.57 Å². The van der Waals surface area contributed by atoms with Crippen molar-refractivity contribution in [2.24, 2.45) is 0 Å². The van der Waals surface area contributed by atoms with E-state index in [1.54, 1.807) is 26.1 Å². The summed E-state index contributed by atoms with van der Waals surface area (Å²) < 4.78 is 7.02. The topological polar surface area (TPSA) is 48.3 Å². The molecule has 0 unspecified atom stereocenters. The van der Waals surface area contributed by atoms with Crippen molar-refractivity contribution in [1.29, 1.82) is 0 Å². The number of nitrogens with zero attached hydrogens (tertiary/aromatic N) is 1. The summed E-state index contributed by atoms with van der Waals surface area (Å²) in [5.74, 6) is -0.475. The molecular formula is C12H14BrNO3. The Kier molecular flexibility index (Phi) is 4.69. The maximum atomic E-state index is 11.8. The second kappa shape index (κ2) is 5.82. The van der Waals surface area contributed by atoms with Crippen LogP contribution in [0.5, 0.6) is 0 Å². The van der Waals surface area contributed by atoms with Crippen LogP contribution in [-0.4, -0.2) is 17.1 Å². The highest BCUT2D eigenvalue weighted by molar-refractivity contribution is 9.10. The zero-order chi connectivity index (χ0) is 13.0. The zero-order valence-electron chi connectivity index (χ0n) is 9.83. The van der Waals surface area contributed by atoms with Gasteiger partial charge in [0.15, 0.2) is 0 Å². The Hall–Kier alpha value is -1.36. The number of carbonyl (C=O) groups is 1. The summed E-state index contributed by atoms with van der Waals surface area (Å²) in [6.45, 7) is 7.49. The third kappa shape index (κ3) is 3.56.